The number of ether oxygens (including phenoxy) is 1. The van der Waals surface area contributed by atoms with Crippen molar-refractivity contribution >= 4 is 13.6 Å². The van der Waals surface area contributed by atoms with Crippen LogP contribution < -0.4 is 11.4 Å². The number of aliphatic hydroxyl groups excluding tert-OH is 1. The quantitative estimate of drug-likeness (QED) is 0.723. The van der Waals surface area contributed by atoms with Crippen molar-refractivity contribution in [2.24, 2.45) is 0 Å². The Kier molecular flexibility index (Phi) is 4.54. The Morgan fingerprint density at radius 1 is 1.61 bits per heavy atom. The first-order valence-electron chi connectivity index (χ1n) is 7.19. The SMILES string of the molecule is CCCOP1(=O)OCC2OC(n3ccc(N)nc3=O)C(O)C2O1. The molecular formula is C12H18N3O7P. The lowest BCUT2D eigenvalue weighted by Crippen LogP contribution is -2.40. The molecule has 128 valence electrons. The van der Waals surface area contributed by atoms with Gasteiger partial charge in [0.15, 0.2) is 6.23 Å². The molecule has 0 amide bonds. The maximum Gasteiger partial charge on any atom is 0.475 e. The number of anilines is 1. The van der Waals surface area contributed by atoms with E-state index in [9.17, 15) is 14.5 Å². The fourth-order valence-electron chi connectivity index (χ4n) is 2.45. The van der Waals surface area contributed by atoms with Crippen LogP contribution in [0.4, 0.5) is 5.82 Å². The van der Waals surface area contributed by atoms with E-state index in [-0.39, 0.29) is 19.0 Å². The minimum absolute atomic E-state index is 0.0632. The molecule has 23 heavy (non-hydrogen) atoms. The molecule has 2 fully saturated rings. The molecule has 0 saturated carbocycles. The molecule has 1 aromatic rings. The summed E-state index contributed by atoms with van der Waals surface area (Å²) in [4.78, 5) is 15.5. The molecule has 11 heteroatoms. The van der Waals surface area contributed by atoms with E-state index in [2.05, 4.69) is 4.98 Å². The van der Waals surface area contributed by atoms with Gasteiger partial charge in [0.25, 0.3) is 0 Å². The van der Waals surface area contributed by atoms with Crippen molar-refractivity contribution in [1.82, 2.24) is 9.55 Å². The number of nitrogens with two attached hydrogens (primary N) is 1. The molecule has 1 aromatic heterocycles. The topological polar surface area (TPSA) is 135 Å². The number of aromatic nitrogens is 2. The van der Waals surface area contributed by atoms with E-state index in [0.29, 0.717) is 6.42 Å². The lowest BCUT2D eigenvalue weighted by molar-refractivity contribution is -0.0723. The van der Waals surface area contributed by atoms with E-state index in [0.717, 1.165) is 4.57 Å². The second kappa shape index (κ2) is 6.31. The van der Waals surface area contributed by atoms with Gasteiger partial charge in [0.2, 0.25) is 0 Å². The second-order valence-electron chi connectivity index (χ2n) is 5.24. The molecule has 3 rings (SSSR count). The molecule has 10 nitrogen and oxygen atoms in total. The Morgan fingerprint density at radius 3 is 3.09 bits per heavy atom. The first-order valence-corrected chi connectivity index (χ1v) is 8.65. The molecule has 2 aliphatic rings. The molecule has 5 atom stereocenters. The normalized spacial score (nSPS) is 36.8. The highest BCUT2D eigenvalue weighted by Gasteiger charge is 2.53. The van der Waals surface area contributed by atoms with Crippen molar-refractivity contribution in [3.8, 4) is 0 Å². The Balaban J connectivity index is 1.79. The number of phosphoric acid groups is 1. The third kappa shape index (κ3) is 3.18. The van der Waals surface area contributed by atoms with Crippen LogP contribution in [-0.2, 0) is 22.9 Å². The van der Waals surface area contributed by atoms with Gasteiger partial charge >= 0.3 is 13.5 Å². The van der Waals surface area contributed by atoms with Gasteiger partial charge in [0.1, 0.15) is 24.1 Å². The van der Waals surface area contributed by atoms with E-state index in [1.54, 1.807) is 0 Å². The third-order valence-corrected chi connectivity index (χ3v) is 5.00. The summed E-state index contributed by atoms with van der Waals surface area (Å²) in [6.07, 6.45) is -1.87. The van der Waals surface area contributed by atoms with Crippen molar-refractivity contribution in [3.63, 3.8) is 0 Å². The summed E-state index contributed by atoms with van der Waals surface area (Å²) in [7, 11) is -3.74. The molecule has 0 bridgehead atoms. The average molecular weight is 347 g/mol. The predicted octanol–water partition coefficient (Wildman–Crippen LogP) is 0.0339. The van der Waals surface area contributed by atoms with E-state index in [4.69, 9.17) is 24.0 Å². The zero-order valence-corrected chi connectivity index (χ0v) is 13.3. The highest BCUT2D eigenvalue weighted by atomic mass is 31.2. The number of hydrogen-bond acceptors (Lipinski definition) is 9. The molecule has 2 saturated heterocycles. The fraction of sp³-hybridized carbons (Fsp3) is 0.667. The highest BCUT2D eigenvalue weighted by molar-refractivity contribution is 7.48. The molecule has 0 radical (unpaired) electrons. The number of rotatable bonds is 4. The molecule has 3 N–H and O–H groups in total. The summed E-state index contributed by atoms with van der Waals surface area (Å²) in [5.41, 5.74) is 4.77. The number of hydrogen-bond donors (Lipinski definition) is 2. The van der Waals surface area contributed by atoms with Gasteiger partial charge in [-0.05, 0) is 12.5 Å². The van der Waals surface area contributed by atoms with Crippen LogP contribution in [0.3, 0.4) is 0 Å². The standard InChI is InChI=1S/C12H18N3O7P/c1-2-5-19-23(18)20-6-7-10(22-23)9(16)11(21-7)15-4-3-8(13)14-12(15)17/h3-4,7,9-11,16H,2,5-6H2,1H3,(H2,13,14,17). The lowest BCUT2D eigenvalue weighted by Gasteiger charge is -2.30. The third-order valence-electron chi connectivity index (χ3n) is 3.54. The van der Waals surface area contributed by atoms with E-state index in [1.165, 1.54) is 12.3 Å². The van der Waals surface area contributed by atoms with Gasteiger partial charge in [-0.3, -0.25) is 18.1 Å². The van der Waals surface area contributed by atoms with Gasteiger partial charge in [-0.15, -0.1) is 0 Å². The summed E-state index contributed by atoms with van der Waals surface area (Å²) in [6.45, 7) is 1.98. The monoisotopic (exact) mass is 347 g/mol. The molecule has 5 unspecified atom stereocenters. The smallest absolute Gasteiger partial charge is 0.386 e. The first kappa shape index (κ1) is 16.6. The zero-order chi connectivity index (χ0) is 16.6. The Labute approximate surface area is 131 Å². The molecule has 3 heterocycles. The largest absolute Gasteiger partial charge is 0.475 e. The van der Waals surface area contributed by atoms with Crippen LogP contribution in [-0.4, -0.2) is 46.2 Å². The minimum atomic E-state index is -3.74. The van der Waals surface area contributed by atoms with Crippen LogP contribution in [0.5, 0.6) is 0 Å². The van der Waals surface area contributed by atoms with Gasteiger partial charge in [-0.2, -0.15) is 4.98 Å². The summed E-state index contributed by atoms with van der Waals surface area (Å²) < 4.78 is 34.5. The summed E-state index contributed by atoms with van der Waals surface area (Å²) >= 11 is 0. The molecule has 0 aromatic carbocycles. The maximum atomic E-state index is 12.3. The van der Waals surface area contributed by atoms with Crippen LogP contribution >= 0.6 is 7.82 Å². The van der Waals surface area contributed by atoms with Crippen molar-refractivity contribution in [3.05, 3.63) is 22.7 Å². The van der Waals surface area contributed by atoms with Gasteiger partial charge in [0, 0.05) is 6.20 Å². The zero-order valence-electron chi connectivity index (χ0n) is 12.4. The van der Waals surface area contributed by atoms with E-state index >= 15 is 0 Å². The lowest BCUT2D eigenvalue weighted by atomic mass is 10.1. The van der Waals surface area contributed by atoms with Gasteiger partial charge in [0.05, 0.1) is 13.2 Å². The predicted molar refractivity (Wildman–Crippen MR) is 77.5 cm³/mol. The molecular weight excluding hydrogens is 329 g/mol. The summed E-state index contributed by atoms with van der Waals surface area (Å²) in [5, 5.41) is 10.4. The van der Waals surface area contributed by atoms with Crippen molar-refractivity contribution in [2.75, 3.05) is 18.9 Å². The number of nitrogens with zero attached hydrogens (tertiary/aromatic N) is 2. The number of aliphatic hydroxyl groups is 1. The first-order chi connectivity index (χ1) is 10.9. The van der Waals surface area contributed by atoms with Crippen molar-refractivity contribution in [2.45, 2.75) is 37.9 Å². The van der Waals surface area contributed by atoms with Gasteiger partial charge in [-0.25, -0.2) is 9.36 Å². The molecule has 0 spiro atoms. The van der Waals surface area contributed by atoms with Gasteiger partial charge < -0.3 is 15.6 Å². The van der Waals surface area contributed by atoms with E-state index in [1.807, 2.05) is 6.92 Å². The number of nitrogen functional groups attached to an aromatic ring is 1. The Bertz CT molecular complexity index is 681. The van der Waals surface area contributed by atoms with Gasteiger partial charge in [-0.1, -0.05) is 6.92 Å². The fourth-order valence-corrected chi connectivity index (χ4v) is 3.94. The molecule has 0 aliphatic carbocycles. The molecule has 2 aliphatic heterocycles. The average Bonchev–Trinajstić information content (AvgIpc) is 2.82. The number of fused-ring (bicyclic) bond motifs is 1. The van der Waals surface area contributed by atoms with Crippen LogP contribution in [0.1, 0.15) is 19.6 Å². The number of phosphoric ester groups is 1. The highest BCUT2D eigenvalue weighted by Crippen LogP contribution is 2.56. The van der Waals surface area contributed by atoms with Crippen LogP contribution in [0.25, 0.3) is 0 Å². The Morgan fingerprint density at radius 2 is 2.39 bits per heavy atom. The van der Waals surface area contributed by atoms with Crippen molar-refractivity contribution < 1.29 is 28.0 Å². The maximum absolute atomic E-state index is 12.3. The summed E-state index contributed by atoms with van der Waals surface area (Å²) in [6, 6.07) is 1.41. The van der Waals surface area contributed by atoms with E-state index < -0.39 is 38.1 Å². The summed E-state index contributed by atoms with van der Waals surface area (Å²) in [5.74, 6) is 0.0632. The Hall–Kier alpha value is -1.29. The van der Waals surface area contributed by atoms with Crippen molar-refractivity contribution in [1.29, 1.82) is 0 Å². The van der Waals surface area contributed by atoms with Crippen LogP contribution in [0.15, 0.2) is 17.1 Å². The van der Waals surface area contributed by atoms with Crippen LogP contribution in [0, 0.1) is 0 Å². The second-order valence-corrected chi connectivity index (χ2v) is 6.87. The van der Waals surface area contributed by atoms with Crippen LogP contribution in [0.2, 0.25) is 0 Å². The minimum Gasteiger partial charge on any atom is -0.386 e.